The average molecular weight is 747 g/mol. The Morgan fingerprint density at radius 2 is 1.43 bits per heavy atom. The summed E-state index contributed by atoms with van der Waals surface area (Å²) in [5.41, 5.74) is 3.88. The third-order valence-corrected chi connectivity index (χ3v) is 11.4. The van der Waals surface area contributed by atoms with E-state index in [1.165, 1.54) is 24.7 Å². The first-order valence-corrected chi connectivity index (χ1v) is 19.2. The van der Waals surface area contributed by atoms with Crippen LogP contribution in [0.4, 0.5) is 9.59 Å². The molecule has 6 rings (SSSR count). The Kier molecular flexibility index (Phi) is 11.7. The zero-order chi connectivity index (χ0) is 37.8. The zero-order valence-electron chi connectivity index (χ0n) is 31.2. The summed E-state index contributed by atoms with van der Waals surface area (Å²) in [5.74, 6) is 1.05. The highest BCUT2D eigenvalue weighted by atomic mass is 32.1. The van der Waals surface area contributed by atoms with E-state index >= 15 is 0 Å². The van der Waals surface area contributed by atoms with E-state index in [1.54, 1.807) is 11.3 Å². The van der Waals surface area contributed by atoms with Gasteiger partial charge in [-0.15, -0.1) is 11.3 Å². The lowest BCUT2D eigenvalue weighted by atomic mass is 10.0. The summed E-state index contributed by atoms with van der Waals surface area (Å²) >= 11 is 1.72. The van der Waals surface area contributed by atoms with E-state index < -0.39 is 24.3 Å². The number of hydrogen-bond donors (Lipinski definition) is 4. The van der Waals surface area contributed by atoms with Crippen LogP contribution in [-0.4, -0.2) is 93.1 Å². The molecule has 0 bridgehead atoms. The maximum absolute atomic E-state index is 13.6. The maximum atomic E-state index is 13.6. The van der Waals surface area contributed by atoms with Gasteiger partial charge in [0.05, 0.1) is 54.1 Å². The predicted octanol–water partition coefficient (Wildman–Crippen LogP) is 5.89. The van der Waals surface area contributed by atoms with E-state index in [2.05, 4.69) is 49.9 Å². The van der Waals surface area contributed by atoms with Crippen molar-refractivity contribution in [2.24, 2.45) is 11.8 Å². The van der Waals surface area contributed by atoms with Gasteiger partial charge >= 0.3 is 12.2 Å². The molecule has 0 radical (unpaired) electrons. The third-order valence-electron chi connectivity index (χ3n) is 10.2. The largest absolute Gasteiger partial charge is 0.453 e. The minimum absolute atomic E-state index is 0.0968. The van der Waals surface area contributed by atoms with Gasteiger partial charge in [-0.25, -0.2) is 19.6 Å². The second kappa shape index (κ2) is 16.4. The molecule has 5 heterocycles. The number of rotatable bonds is 12. The Morgan fingerprint density at radius 3 is 2.02 bits per heavy atom. The third kappa shape index (κ3) is 8.34. The Morgan fingerprint density at radius 1 is 0.830 bits per heavy atom. The number of carbonyl (C=O) groups excluding carboxylic acids is 4. The molecule has 2 aliphatic heterocycles. The van der Waals surface area contributed by atoms with Crippen LogP contribution < -0.4 is 10.6 Å². The van der Waals surface area contributed by atoms with E-state index in [-0.39, 0.29) is 35.7 Å². The fourth-order valence-corrected chi connectivity index (χ4v) is 8.30. The first-order chi connectivity index (χ1) is 25.5. The summed E-state index contributed by atoms with van der Waals surface area (Å²) < 4.78 is 9.52. The van der Waals surface area contributed by atoms with Gasteiger partial charge in [0.2, 0.25) is 11.8 Å². The summed E-state index contributed by atoms with van der Waals surface area (Å²) in [4.78, 5) is 73.4. The van der Waals surface area contributed by atoms with Crippen molar-refractivity contribution in [2.75, 3.05) is 27.3 Å². The van der Waals surface area contributed by atoms with E-state index in [9.17, 15) is 19.2 Å². The van der Waals surface area contributed by atoms with Crippen molar-refractivity contribution in [2.45, 2.75) is 90.4 Å². The average Bonchev–Trinajstić information content (AvgIpc) is 3.98. The lowest BCUT2D eigenvalue weighted by Crippen LogP contribution is -2.51. The first kappa shape index (κ1) is 37.8. The molecule has 0 spiro atoms. The molecule has 2 aliphatic rings. The Balaban J connectivity index is 1.09. The normalized spacial score (nSPS) is 18.5. The first-order valence-electron chi connectivity index (χ1n) is 18.4. The number of ether oxygens (including phenoxy) is 2. The number of thiophene rings is 1. The van der Waals surface area contributed by atoms with Gasteiger partial charge in [-0.1, -0.05) is 33.8 Å². The van der Waals surface area contributed by atoms with Crippen LogP contribution in [0.5, 0.6) is 0 Å². The summed E-state index contributed by atoms with van der Waals surface area (Å²) in [6.07, 6.45) is 5.61. The van der Waals surface area contributed by atoms with Gasteiger partial charge < -0.3 is 39.9 Å². The summed E-state index contributed by atoms with van der Waals surface area (Å²) in [7, 11) is 2.59. The molecule has 4 N–H and O–H groups in total. The fourth-order valence-electron chi connectivity index (χ4n) is 7.33. The van der Waals surface area contributed by atoms with E-state index in [0.29, 0.717) is 13.1 Å². The number of imidazole rings is 2. The second-order valence-electron chi connectivity index (χ2n) is 14.5. The molecule has 2 fully saturated rings. The number of alkyl carbamates (subject to hydrolysis) is 2. The maximum Gasteiger partial charge on any atom is 0.407 e. The van der Waals surface area contributed by atoms with Crippen molar-refractivity contribution >= 4 is 46.4 Å². The number of H-pyrrole nitrogens is 2. The van der Waals surface area contributed by atoms with Crippen LogP contribution in [0.15, 0.2) is 36.5 Å². The highest BCUT2D eigenvalue weighted by Gasteiger charge is 2.39. The number of likely N-dealkylation sites (tertiary alicyclic amines) is 2. The van der Waals surface area contributed by atoms with Gasteiger partial charge in [-0.3, -0.25) is 9.59 Å². The number of aromatic amines is 2. The predicted molar refractivity (Wildman–Crippen MR) is 201 cm³/mol. The van der Waals surface area contributed by atoms with E-state index in [4.69, 9.17) is 14.5 Å². The smallest absolute Gasteiger partial charge is 0.407 e. The summed E-state index contributed by atoms with van der Waals surface area (Å²) in [6.45, 7) is 8.83. The van der Waals surface area contributed by atoms with Gasteiger partial charge in [0.15, 0.2) is 0 Å². The molecule has 4 aromatic rings. The molecule has 4 amide bonds. The second-order valence-corrected chi connectivity index (χ2v) is 15.7. The molecule has 2 saturated heterocycles. The van der Waals surface area contributed by atoms with Crippen LogP contribution >= 0.6 is 11.3 Å². The fraction of sp³-hybridized carbons (Fsp3) is 0.526. The number of hydrogen-bond acceptors (Lipinski definition) is 9. The molecule has 14 nitrogen and oxygen atoms in total. The minimum atomic E-state index is -0.679. The summed E-state index contributed by atoms with van der Waals surface area (Å²) in [5, 5.41) is 5.40. The molecule has 0 aliphatic carbocycles. The topological polar surface area (TPSA) is 175 Å². The molecular formula is C38H50N8O6S. The number of aryl methyl sites for hydroxylation is 2. The van der Waals surface area contributed by atoms with Crippen LogP contribution in [0.1, 0.15) is 87.6 Å². The van der Waals surface area contributed by atoms with Crippen molar-refractivity contribution in [3.63, 3.8) is 0 Å². The lowest BCUT2D eigenvalue weighted by molar-refractivity contribution is -0.136. The molecule has 3 aromatic heterocycles. The van der Waals surface area contributed by atoms with Gasteiger partial charge in [-0.2, -0.15) is 0 Å². The molecular weight excluding hydrogens is 697 g/mol. The molecule has 0 unspecified atom stereocenters. The summed E-state index contributed by atoms with van der Waals surface area (Å²) in [6, 6.07) is 8.79. The number of carbonyl (C=O) groups is 4. The van der Waals surface area contributed by atoms with Crippen LogP contribution in [-0.2, 0) is 31.9 Å². The van der Waals surface area contributed by atoms with Gasteiger partial charge in [-0.05, 0) is 80.2 Å². The monoisotopic (exact) mass is 746 g/mol. The van der Waals surface area contributed by atoms with Crippen molar-refractivity contribution in [1.29, 1.82) is 0 Å². The Hall–Kier alpha value is -4.92. The number of methoxy groups -OCH3 is 2. The van der Waals surface area contributed by atoms with Crippen molar-refractivity contribution < 1.29 is 28.7 Å². The molecule has 0 saturated carbocycles. The SMILES string of the molecule is COC(=O)N[C@H](C(=O)N1CCC[C@@H]1c1nc2ccc(CCc3ccc(-c4cnc([C@@H]5CCCN5C(=O)[C@H](NC(=O)OC)C(C)C)[nH]4)s3)cc2[nH]1)C(C)C. The highest BCUT2D eigenvalue weighted by Crippen LogP contribution is 2.35. The van der Waals surface area contributed by atoms with Gasteiger partial charge in [0.1, 0.15) is 23.7 Å². The van der Waals surface area contributed by atoms with Crippen LogP contribution in [0.25, 0.3) is 21.6 Å². The van der Waals surface area contributed by atoms with Gasteiger partial charge in [0.25, 0.3) is 0 Å². The number of nitrogens with zero attached hydrogens (tertiary/aromatic N) is 4. The number of aromatic nitrogens is 4. The molecule has 53 heavy (non-hydrogen) atoms. The van der Waals surface area contributed by atoms with Crippen molar-refractivity contribution in [3.8, 4) is 10.6 Å². The van der Waals surface area contributed by atoms with Crippen LogP contribution in [0.3, 0.4) is 0 Å². The molecule has 284 valence electrons. The molecule has 1 aromatic carbocycles. The van der Waals surface area contributed by atoms with Crippen molar-refractivity contribution in [1.82, 2.24) is 40.4 Å². The number of fused-ring (bicyclic) bond motifs is 1. The molecule has 4 atom stereocenters. The van der Waals surface area contributed by atoms with Crippen molar-refractivity contribution in [3.05, 3.63) is 58.6 Å². The number of nitrogens with one attached hydrogen (secondary N) is 4. The molecule has 15 heteroatoms. The number of benzene rings is 1. The van der Waals surface area contributed by atoms with E-state index in [0.717, 1.165) is 71.8 Å². The lowest BCUT2D eigenvalue weighted by Gasteiger charge is -2.30. The Bertz CT molecular complexity index is 1930. The standard InChI is InChI=1S/C38H50N8O6S/c1-21(2)31(43-37(49)51-5)35(47)45-17-7-9-28(45)33-39-20-27(42-33)30-16-14-24(53-30)13-11-23-12-15-25-26(19-23)41-34(40-25)29-10-8-18-46(29)36(48)32(22(3)4)44-38(50)52-6/h12,14-16,19-22,28-29,31-32H,7-11,13,17-18H2,1-6H3,(H,39,42)(H,40,41)(H,43,49)(H,44,50)/t28-,29+,31+,32-/m0/s1. The van der Waals surface area contributed by atoms with Crippen LogP contribution in [0, 0.1) is 11.8 Å². The van der Waals surface area contributed by atoms with Crippen LogP contribution in [0.2, 0.25) is 0 Å². The van der Waals surface area contributed by atoms with E-state index in [1.807, 2.05) is 49.8 Å². The quantitative estimate of drug-likeness (QED) is 0.139. The highest BCUT2D eigenvalue weighted by molar-refractivity contribution is 7.15. The number of amides is 4. The zero-order valence-corrected chi connectivity index (χ0v) is 32.0. The Labute approximate surface area is 313 Å². The van der Waals surface area contributed by atoms with Gasteiger partial charge in [0, 0.05) is 18.0 Å². The minimum Gasteiger partial charge on any atom is -0.453 e.